The molecule has 100 valence electrons. The van der Waals surface area contributed by atoms with Crippen LogP contribution in [0.15, 0.2) is 18.2 Å². The second-order valence-corrected chi connectivity index (χ2v) is 6.14. The van der Waals surface area contributed by atoms with Crippen LogP contribution in [-0.4, -0.2) is 0 Å². The van der Waals surface area contributed by atoms with E-state index in [1.807, 2.05) is 12.1 Å². The van der Waals surface area contributed by atoms with Crippen molar-refractivity contribution >= 4 is 23.2 Å². The zero-order valence-corrected chi connectivity index (χ0v) is 12.2. The van der Waals surface area contributed by atoms with Crippen molar-refractivity contribution in [2.75, 3.05) is 0 Å². The van der Waals surface area contributed by atoms with Gasteiger partial charge in [-0.15, -0.1) is 0 Å². The van der Waals surface area contributed by atoms with Gasteiger partial charge >= 0.3 is 0 Å². The van der Waals surface area contributed by atoms with Gasteiger partial charge in [-0.25, -0.2) is 0 Å². The maximum absolute atomic E-state index is 6.41. The molecule has 18 heavy (non-hydrogen) atoms. The monoisotopic (exact) mass is 285 g/mol. The summed E-state index contributed by atoms with van der Waals surface area (Å²) in [6.45, 7) is 0. The second kappa shape index (κ2) is 6.79. The first kappa shape index (κ1) is 14.2. The molecule has 0 heterocycles. The molecule has 1 saturated carbocycles. The highest BCUT2D eigenvalue weighted by Crippen LogP contribution is 2.35. The Bertz CT molecular complexity index is 384. The highest BCUT2D eigenvalue weighted by atomic mass is 35.5. The lowest BCUT2D eigenvalue weighted by Crippen LogP contribution is -2.22. The number of hydrogen-bond acceptors (Lipinski definition) is 1. The summed E-state index contributed by atoms with van der Waals surface area (Å²) in [5.41, 5.74) is 7.46. The van der Waals surface area contributed by atoms with Crippen molar-refractivity contribution in [1.82, 2.24) is 0 Å². The molecule has 1 atom stereocenters. The molecule has 1 unspecified atom stereocenters. The van der Waals surface area contributed by atoms with Gasteiger partial charge in [-0.2, -0.15) is 0 Å². The van der Waals surface area contributed by atoms with Crippen LogP contribution in [0, 0.1) is 5.92 Å². The molecule has 0 aliphatic heterocycles. The lowest BCUT2D eigenvalue weighted by atomic mass is 9.83. The van der Waals surface area contributed by atoms with Crippen molar-refractivity contribution < 1.29 is 0 Å². The largest absolute Gasteiger partial charge is 0.324 e. The van der Waals surface area contributed by atoms with Gasteiger partial charge in [-0.3, -0.25) is 0 Å². The highest BCUT2D eigenvalue weighted by molar-refractivity contribution is 6.35. The molecule has 2 rings (SSSR count). The molecule has 3 heteroatoms. The predicted octanol–water partition coefficient (Wildman–Crippen LogP) is 5.35. The lowest BCUT2D eigenvalue weighted by molar-refractivity contribution is 0.327. The first-order valence-corrected chi connectivity index (χ1v) is 7.64. The maximum atomic E-state index is 6.41. The quantitative estimate of drug-likeness (QED) is 0.778. The minimum absolute atomic E-state index is 0.0490. The van der Waals surface area contributed by atoms with Gasteiger partial charge in [0.25, 0.3) is 0 Å². The summed E-state index contributed by atoms with van der Waals surface area (Å²) in [7, 11) is 0. The molecule has 1 aliphatic rings. The van der Waals surface area contributed by atoms with E-state index in [4.69, 9.17) is 28.9 Å². The molecule has 1 aromatic carbocycles. The van der Waals surface area contributed by atoms with Crippen molar-refractivity contribution in [3.8, 4) is 0 Å². The zero-order chi connectivity index (χ0) is 13.0. The van der Waals surface area contributed by atoms with Gasteiger partial charge in [0, 0.05) is 16.1 Å². The number of halogens is 2. The molecule has 1 fully saturated rings. The first-order chi connectivity index (χ1) is 8.68. The number of benzene rings is 1. The summed E-state index contributed by atoms with van der Waals surface area (Å²) in [5, 5.41) is 1.38. The highest BCUT2D eigenvalue weighted by Gasteiger charge is 2.22. The van der Waals surface area contributed by atoms with E-state index in [9.17, 15) is 0 Å². The van der Waals surface area contributed by atoms with Crippen LogP contribution in [0.5, 0.6) is 0 Å². The van der Waals surface area contributed by atoms with Crippen LogP contribution in [0.1, 0.15) is 56.6 Å². The summed E-state index contributed by atoms with van der Waals surface area (Å²) < 4.78 is 0. The van der Waals surface area contributed by atoms with E-state index in [0.29, 0.717) is 16.0 Å². The minimum atomic E-state index is 0.0490. The predicted molar refractivity (Wildman–Crippen MR) is 79.2 cm³/mol. The Kier molecular flexibility index (Phi) is 5.35. The average Bonchev–Trinajstić information content (AvgIpc) is 2.27. The van der Waals surface area contributed by atoms with Crippen LogP contribution in [0.25, 0.3) is 0 Å². The lowest BCUT2D eigenvalue weighted by Gasteiger charge is -2.26. The van der Waals surface area contributed by atoms with Gasteiger partial charge in [-0.1, -0.05) is 61.4 Å². The molecule has 2 N–H and O–H groups in total. The van der Waals surface area contributed by atoms with Crippen LogP contribution in [0.2, 0.25) is 10.0 Å². The molecule has 0 aromatic heterocycles. The number of nitrogens with two attached hydrogens (primary N) is 1. The van der Waals surface area contributed by atoms with Crippen molar-refractivity contribution in [1.29, 1.82) is 0 Å². The molecule has 0 spiro atoms. The van der Waals surface area contributed by atoms with E-state index in [1.54, 1.807) is 6.07 Å². The SMILES string of the molecule is NC(c1ccc(Cl)cc1Cl)C1CCCCCCC1. The van der Waals surface area contributed by atoms with Gasteiger partial charge in [0.15, 0.2) is 0 Å². The van der Waals surface area contributed by atoms with Crippen molar-refractivity contribution in [3.05, 3.63) is 33.8 Å². The summed E-state index contributed by atoms with van der Waals surface area (Å²) in [6.07, 6.45) is 9.10. The topological polar surface area (TPSA) is 26.0 Å². The number of hydrogen-bond donors (Lipinski definition) is 1. The fourth-order valence-corrected chi connectivity index (χ4v) is 3.41. The fraction of sp³-hybridized carbons (Fsp3) is 0.600. The Hall–Kier alpha value is -0.240. The third-order valence-corrected chi connectivity index (χ3v) is 4.54. The first-order valence-electron chi connectivity index (χ1n) is 6.89. The molecular weight excluding hydrogens is 265 g/mol. The van der Waals surface area contributed by atoms with E-state index in [2.05, 4.69) is 0 Å². The Morgan fingerprint density at radius 3 is 2.22 bits per heavy atom. The third-order valence-electron chi connectivity index (χ3n) is 3.98. The van der Waals surface area contributed by atoms with Gasteiger partial charge in [0.1, 0.15) is 0 Å². The number of rotatable bonds is 2. The van der Waals surface area contributed by atoms with Gasteiger partial charge in [0.2, 0.25) is 0 Å². The fourth-order valence-electron chi connectivity index (χ4n) is 2.87. The van der Waals surface area contributed by atoms with Crippen LogP contribution in [-0.2, 0) is 0 Å². The summed E-state index contributed by atoms with van der Waals surface area (Å²) >= 11 is 12.2. The molecule has 0 bridgehead atoms. The Morgan fingerprint density at radius 2 is 1.61 bits per heavy atom. The Labute approximate surface area is 120 Å². The smallest absolute Gasteiger partial charge is 0.0468 e. The van der Waals surface area contributed by atoms with Gasteiger partial charge in [0.05, 0.1) is 0 Å². The van der Waals surface area contributed by atoms with Crippen LogP contribution < -0.4 is 5.73 Å². The standard InChI is InChI=1S/C15H21Cl2N/c16-12-8-9-13(14(17)10-12)15(18)11-6-4-2-1-3-5-7-11/h8-11,15H,1-7,18H2. The van der Waals surface area contributed by atoms with E-state index in [1.165, 1.54) is 44.9 Å². The Balaban J connectivity index is 2.10. The second-order valence-electron chi connectivity index (χ2n) is 5.30. The van der Waals surface area contributed by atoms with E-state index < -0.39 is 0 Å². The van der Waals surface area contributed by atoms with Crippen molar-refractivity contribution in [2.24, 2.45) is 11.7 Å². The molecule has 1 aliphatic carbocycles. The zero-order valence-electron chi connectivity index (χ0n) is 10.7. The average molecular weight is 286 g/mol. The van der Waals surface area contributed by atoms with Crippen molar-refractivity contribution in [2.45, 2.75) is 51.0 Å². The molecule has 0 saturated heterocycles. The van der Waals surface area contributed by atoms with Crippen molar-refractivity contribution in [3.63, 3.8) is 0 Å². The van der Waals surface area contributed by atoms with E-state index in [0.717, 1.165) is 5.56 Å². The van der Waals surface area contributed by atoms with Crippen LogP contribution in [0.4, 0.5) is 0 Å². The van der Waals surface area contributed by atoms with Gasteiger partial charge < -0.3 is 5.73 Å². The molecule has 1 nitrogen and oxygen atoms in total. The molecule has 1 aromatic rings. The van der Waals surface area contributed by atoms with Crippen LogP contribution in [0.3, 0.4) is 0 Å². The maximum Gasteiger partial charge on any atom is 0.0468 e. The molecule has 0 radical (unpaired) electrons. The minimum Gasteiger partial charge on any atom is -0.324 e. The normalized spacial score (nSPS) is 20.2. The van der Waals surface area contributed by atoms with E-state index in [-0.39, 0.29) is 6.04 Å². The molecular formula is C15H21Cl2N. The summed E-state index contributed by atoms with van der Waals surface area (Å²) in [6, 6.07) is 5.70. The summed E-state index contributed by atoms with van der Waals surface area (Å²) in [4.78, 5) is 0. The third kappa shape index (κ3) is 3.63. The van der Waals surface area contributed by atoms with Gasteiger partial charge in [-0.05, 0) is 36.5 Å². The summed E-state index contributed by atoms with van der Waals surface area (Å²) in [5.74, 6) is 0.559. The van der Waals surface area contributed by atoms with Crippen LogP contribution >= 0.6 is 23.2 Å². The Morgan fingerprint density at radius 1 is 1.00 bits per heavy atom. The molecule has 0 amide bonds. The van der Waals surface area contributed by atoms with E-state index >= 15 is 0 Å².